The molecule has 0 aliphatic carbocycles. The lowest BCUT2D eigenvalue weighted by molar-refractivity contribution is -0.124. The highest BCUT2D eigenvalue weighted by atomic mass is 16.5. The molecule has 2 atom stereocenters. The standard InChI is InChI=1S/C11H17N3O2/c1-9(14-6-3-5-13-14)11(15)12-8-10-4-2-7-16-10/h3,5-6,9-10H,2,4,7-8H2,1H3,(H,12,15)/t9-,10-/m0/s1. The first-order valence-electron chi connectivity index (χ1n) is 5.66. The van der Waals surface area contributed by atoms with Crippen LogP contribution >= 0.6 is 0 Å². The van der Waals surface area contributed by atoms with Gasteiger partial charge in [0.2, 0.25) is 5.91 Å². The second-order valence-corrected chi connectivity index (χ2v) is 4.04. The summed E-state index contributed by atoms with van der Waals surface area (Å²) in [4.78, 5) is 11.8. The number of hydrogen-bond donors (Lipinski definition) is 1. The molecule has 1 aliphatic rings. The van der Waals surface area contributed by atoms with Crippen LogP contribution in [0.1, 0.15) is 25.8 Å². The monoisotopic (exact) mass is 223 g/mol. The van der Waals surface area contributed by atoms with Gasteiger partial charge in [0, 0.05) is 25.5 Å². The molecule has 1 aromatic rings. The van der Waals surface area contributed by atoms with E-state index in [-0.39, 0.29) is 18.1 Å². The Morgan fingerprint density at radius 2 is 2.62 bits per heavy atom. The maximum Gasteiger partial charge on any atom is 0.244 e. The summed E-state index contributed by atoms with van der Waals surface area (Å²) >= 11 is 0. The largest absolute Gasteiger partial charge is 0.376 e. The lowest BCUT2D eigenvalue weighted by atomic mass is 10.2. The molecular weight excluding hydrogens is 206 g/mol. The van der Waals surface area contributed by atoms with Gasteiger partial charge in [-0.1, -0.05) is 0 Å². The van der Waals surface area contributed by atoms with Crippen molar-refractivity contribution in [1.82, 2.24) is 15.1 Å². The highest BCUT2D eigenvalue weighted by Crippen LogP contribution is 2.11. The van der Waals surface area contributed by atoms with Crippen LogP contribution < -0.4 is 5.32 Å². The Hall–Kier alpha value is -1.36. The van der Waals surface area contributed by atoms with E-state index in [0.29, 0.717) is 6.54 Å². The Morgan fingerprint density at radius 1 is 1.75 bits per heavy atom. The number of ether oxygens (including phenoxy) is 1. The molecule has 2 heterocycles. The first-order chi connectivity index (χ1) is 7.77. The first-order valence-corrected chi connectivity index (χ1v) is 5.66. The van der Waals surface area contributed by atoms with Gasteiger partial charge in [-0.25, -0.2) is 0 Å². The van der Waals surface area contributed by atoms with Gasteiger partial charge in [0.05, 0.1) is 6.10 Å². The Kier molecular flexibility index (Phi) is 3.56. The lowest BCUT2D eigenvalue weighted by Gasteiger charge is -2.15. The summed E-state index contributed by atoms with van der Waals surface area (Å²) in [6, 6.07) is 1.54. The van der Waals surface area contributed by atoms with Crippen molar-refractivity contribution < 1.29 is 9.53 Å². The fraction of sp³-hybridized carbons (Fsp3) is 0.636. The summed E-state index contributed by atoms with van der Waals surface area (Å²) in [6.45, 7) is 3.25. The van der Waals surface area contributed by atoms with Crippen molar-refractivity contribution in [2.75, 3.05) is 13.2 Å². The molecule has 2 rings (SSSR count). The van der Waals surface area contributed by atoms with Crippen LogP contribution in [0.15, 0.2) is 18.5 Å². The molecule has 1 aliphatic heterocycles. The molecule has 1 amide bonds. The third-order valence-electron chi connectivity index (χ3n) is 2.83. The van der Waals surface area contributed by atoms with E-state index < -0.39 is 0 Å². The molecule has 16 heavy (non-hydrogen) atoms. The summed E-state index contributed by atoms with van der Waals surface area (Å²) in [6.07, 6.45) is 5.78. The number of carbonyl (C=O) groups excluding carboxylic acids is 1. The predicted molar refractivity (Wildman–Crippen MR) is 58.9 cm³/mol. The molecule has 0 bridgehead atoms. The van der Waals surface area contributed by atoms with Crippen LogP contribution in [0.2, 0.25) is 0 Å². The van der Waals surface area contributed by atoms with Crippen LogP contribution in [-0.4, -0.2) is 34.9 Å². The van der Waals surface area contributed by atoms with Crippen molar-refractivity contribution in [3.8, 4) is 0 Å². The lowest BCUT2D eigenvalue weighted by Crippen LogP contribution is -2.36. The van der Waals surface area contributed by atoms with E-state index in [1.54, 1.807) is 17.1 Å². The van der Waals surface area contributed by atoms with Crippen molar-refractivity contribution in [2.45, 2.75) is 31.9 Å². The summed E-state index contributed by atoms with van der Waals surface area (Å²) < 4.78 is 7.08. The minimum Gasteiger partial charge on any atom is -0.376 e. The fourth-order valence-corrected chi connectivity index (χ4v) is 1.80. The number of nitrogens with one attached hydrogen (secondary N) is 1. The average Bonchev–Trinajstić information content (AvgIpc) is 2.96. The van der Waals surface area contributed by atoms with Gasteiger partial charge in [0.15, 0.2) is 0 Å². The molecule has 5 nitrogen and oxygen atoms in total. The number of aromatic nitrogens is 2. The van der Waals surface area contributed by atoms with Crippen molar-refractivity contribution >= 4 is 5.91 Å². The third kappa shape index (κ3) is 2.61. The van der Waals surface area contributed by atoms with Gasteiger partial charge < -0.3 is 10.1 Å². The number of carbonyl (C=O) groups is 1. The van der Waals surface area contributed by atoms with Crippen molar-refractivity contribution in [3.05, 3.63) is 18.5 Å². The van der Waals surface area contributed by atoms with Crippen LogP contribution in [0.4, 0.5) is 0 Å². The van der Waals surface area contributed by atoms with Crippen molar-refractivity contribution in [2.24, 2.45) is 0 Å². The average molecular weight is 223 g/mol. The van der Waals surface area contributed by atoms with E-state index in [2.05, 4.69) is 10.4 Å². The van der Waals surface area contributed by atoms with Crippen molar-refractivity contribution in [3.63, 3.8) is 0 Å². The zero-order chi connectivity index (χ0) is 11.4. The summed E-state index contributed by atoms with van der Waals surface area (Å²) in [5, 5.41) is 6.93. The van der Waals surface area contributed by atoms with Crippen LogP contribution in [-0.2, 0) is 9.53 Å². The van der Waals surface area contributed by atoms with Crippen LogP contribution in [0.5, 0.6) is 0 Å². The molecule has 1 N–H and O–H groups in total. The van der Waals surface area contributed by atoms with Crippen molar-refractivity contribution in [1.29, 1.82) is 0 Å². The quantitative estimate of drug-likeness (QED) is 0.819. The Labute approximate surface area is 94.8 Å². The second kappa shape index (κ2) is 5.12. The Morgan fingerprint density at radius 3 is 3.25 bits per heavy atom. The first kappa shape index (κ1) is 11.1. The molecule has 1 aromatic heterocycles. The molecule has 0 radical (unpaired) electrons. The highest BCUT2D eigenvalue weighted by Gasteiger charge is 2.19. The van der Waals surface area contributed by atoms with Crippen LogP contribution in [0.3, 0.4) is 0 Å². The third-order valence-corrected chi connectivity index (χ3v) is 2.83. The van der Waals surface area contributed by atoms with Gasteiger partial charge in [-0.2, -0.15) is 5.10 Å². The molecule has 1 fully saturated rings. The molecular formula is C11H17N3O2. The maximum absolute atomic E-state index is 11.8. The second-order valence-electron chi connectivity index (χ2n) is 4.04. The number of rotatable bonds is 4. The van der Waals surface area contributed by atoms with Crippen LogP contribution in [0, 0.1) is 0 Å². The molecule has 88 valence electrons. The van der Waals surface area contributed by atoms with E-state index in [1.165, 1.54) is 0 Å². The summed E-state index contributed by atoms with van der Waals surface area (Å²) in [7, 11) is 0. The SMILES string of the molecule is C[C@@H](C(=O)NC[C@@H]1CCCO1)n1cccn1. The predicted octanol–water partition coefficient (Wildman–Crippen LogP) is 0.739. The van der Waals surface area contributed by atoms with Gasteiger partial charge in [0.1, 0.15) is 6.04 Å². The molecule has 0 spiro atoms. The minimum absolute atomic E-state index is 0.0146. The number of nitrogens with zero attached hydrogens (tertiary/aromatic N) is 2. The number of hydrogen-bond acceptors (Lipinski definition) is 3. The van der Waals surface area contributed by atoms with Gasteiger partial charge >= 0.3 is 0 Å². The molecule has 5 heteroatoms. The number of amides is 1. The zero-order valence-corrected chi connectivity index (χ0v) is 9.43. The fourth-order valence-electron chi connectivity index (χ4n) is 1.80. The minimum atomic E-state index is -0.267. The maximum atomic E-state index is 11.8. The molecule has 0 aromatic carbocycles. The van der Waals surface area contributed by atoms with Crippen LogP contribution in [0.25, 0.3) is 0 Å². The van der Waals surface area contributed by atoms with E-state index in [0.717, 1.165) is 19.4 Å². The molecule has 0 saturated carbocycles. The Bertz CT molecular complexity index is 331. The van der Waals surface area contributed by atoms with E-state index >= 15 is 0 Å². The molecule has 0 unspecified atom stereocenters. The normalized spacial score (nSPS) is 21.9. The van der Waals surface area contributed by atoms with E-state index in [1.807, 2.05) is 13.0 Å². The topological polar surface area (TPSA) is 56.1 Å². The molecule has 1 saturated heterocycles. The summed E-state index contributed by atoms with van der Waals surface area (Å²) in [5.74, 6) is -0.0146. The van der Waals surface area contributed by atoms with Gasteiger partial charge in [-0.15, -0.1) is 0 Å². The van der Waals surface area contributed by atoms with E-state index in [9.17, 15) is 4.79 Å². The summed E-state index contributed by atoms with van der Waals surface area (Å²) in [5.41, 5.74) is 0. The smallest absolute Gasteiger partial charge is 0.244 e. The van der Waals surface area contributed by atoms with Gasteiger partial charge in [-0.3, -0.25) is 9.48 Å². The van der Waals surface area contributed by atoms with Gasteiger partial charge in [0.25, 0.3) is 0 Å². The van der Waals surface area contributed by atoms with Gasteiger partial charge in [-0.05, 0) is 25.8 Å². The zero-order valence-electron chi connectivity index (χ0n) is 9.43. The Balaban J connectivity index is 1.79. The highest BCUT2D eigenvalue weighted by molar-refractivity contribution is 5.79. The van der Waals surface area contributed by atoms with E-state index in [4.69, 9.17) is 4.74 Å².